The first kappa shape index (κ1) is 9.06. The van der Waals surface area contributed by atoms with Crippen molar-refractivity contribution in [3.05, 3.63) is 34.4 Å². The largest absolute Gasteiger partial charge is 0.271 e. The molecule has 15 heavy (non-hydrogen) atoms. The Hall–Kier alpha value is -1.20. The number of hydrogen-bond donors (Lipinski definition) is 0. The quantitative estimate of drug-likeness (QED) is 0.596. The lowest BCUT2D eigenvalue weighted by Gasteiger charge is -2.02. The fourth-order valence-corrected chi connectivity index (χ4v) is 2.09. The molecule has 3 rings (SSSR count). The van der Waals surface area contributed by atoms with E-state index < -0.39 is 0 Å². The molecule has 0 amide bonds. The molecule has 3 aromatic heterocycles. The number of fused-ring (bicyclic) bond motifs is 3. The number of nitrogens with zero attached hydrogens (tertiary/aromatic N) is 4. The summed E-state index contributed by atoms with van der Waals surface area (Å²) < 4.78 is 2.50. The predicted octanol–water partition coefficient (Wildman–Crippen LogP) is 2.69. The van der Waals surface area contributed by atoms with Gasteiger partial charge < -0.3 is 0 Å². The van der Waals surface area contributed by atoms with E-state index in [4.69, 9.17) is 11.6 Å². The van der Waals surface area contributed by atoms with E-state index in [1.807, 2.05) is 12.1 Å². The predicted molar refractivity (Wildman–Crippen MR) is 61.0 cm³/mol. The molecule has 0 saturated heterocycles. The number of hydrogen-bond acceptors (Lipinski definition) is 3. The SMILES string of the molecule is Clc1cc2cnc(Br)cc2c2nncn12. The highest BCUT2D eigenvalue weighted by molar-refractivity contribution is 9.10. The normalized spacial score (nSPS) is 11.3. The summed E-state index contributed by atoms with van der Waals surface area (Å²) in [5.41, 5.74) is 0.737. The average Bonchev–Trinajstić information content (AvgIpc) is 2.69. The number of pyridine rings is 2. The van der Waals surface area contributed by atoms with Crippen molar-refractivity contribution in [3.8, 4) is 0 Å². The van der Waals surface area contributed by atoms with Crippen LogP contribution in [0.3, 0.4) is 0 Å². The summed E-state index contributed by atoms with van der Waals surface area (Å²) in [6.07, 6.45) is 3.34. The van der Waals surface area contributed by atoms with Crippen molar-refractivity contribution in [3.63, 3.8) is 0 Å². The van der Waals surface area contributed by atoms with Crippen LogP contribution in [0.1, 0.15) is 0 Å². The standard InChI is InChI=1S/C9H4BrClN4/c10-7-2-6-5(3-12-7)1-8(11)15-4-13-14-9(6)15/h1-4H. The van der Waals surface area contributed by atoms with Gasteiger partial charge in [0.05, 0.1) is 0 Å². The van der Waals surface area contributed by atoms with Crippen molar-refractivity contribution in [2.75, 3.05) is 0 Å². The molecule has 0 aromatic carbocycles. The Morgan fingerprint density at radius 1 is 1.33 bits per heavy atom. The maximum Gasteiger partial charge on any atom is 0.169 e. The van der Waals surface area contributed by atoms with Crippen LogP contribution >= 0.6 is 27.5 Å². The number of halogens is 2. The molecular weight excluding hydrogens is 279 g/mol. The second-order valence-electron chi connectivity index (χ2n) is 3.09. The van der Waals surface area contributed by atoms with E-state index in [0.29, 0.717) is 5.15 Å². The van der Waals surface area contributed by atoms with Gasteiger partial charge in [0.15, 0.2) is 5.65 Å². The summed E-state index contributed by atoms with van der Waals surface area (Å²) >= 11 is 9.38. The monoisotopic (exact) mass is 282 g/mol. The van der Waals surface area contributed by atoms with Crippen molar-refractivity contribution >= 4 is 44.0 Å². The Kier molecular flexibility index (Phi) is 1.90. The summed E-state index contributed by atoms with van der Waals surface area (Å²) in [7, 11) is 0. The minimum atomic E-state index is 0.576. The molecule has 0 radical (unpaired) electrons. The summed E-state index contributed by atoms with van der Waals surface area (Å²) in [5.74, 6) is 0. The van der Waals surface area contributed by atoms with Crippen LogP contribution in [0.15, 0.2) is 29.3 Å². The molecule has 0 saturated carbocycles. The highest BCUT2D eigenvalue weighted by atomic mass is 79.9. The second kappa shape index (κ2) is 3.15. The van der Waals surface area contributed by atoms with Gasteiger partial charge in [0.25, 0.3) is 0 Å². The highest BCUT2D eigenvalue weighted by Gasteiger charge is 2.07. The van der Waals surface area contributed by atoms with E-state index in [1.165, 1.54) is 0 Å². The van der Waals surface area contributed by atoms with Crippen LogP contribution in [0.5, 0.6) is 0 Å². The van der Waals surface area contributed by atoms with Crippen molar-refractivity contribution in [1.29, 1.82) is 0 Å². The van der Waals surface area contributed by atoms with Crippen molar-refractivity contribution in [2.24, 2.45) is 0 Å². The molecule has 74 valence electrons. The highest BCUT2D eigenvalue weighted by Crippen LogP contribution is 2.24. The Balaban J connectivity index is 2.61. The Morgan fingerprint density at radius 2 is 2.20 bits per heavy atom. The van der Waals surface area contributed by atoms with Crippen LogP contribution in [0, 0.1) is 0 Å². The van der Waals surface area contributed by atoms with Gasteiger partial charge in [-0.15, -0.1) is 10.2 Å². The zero-order valence-electron chi connectivity index (χ0n) is 7.35. The van der Waals surface area contributed by atoms with Gasteiger partial charge in [-0.05, 0) is 28.1 Å². The molecule has 0 aliphatic heterocycles. The van der Waals surface area contributed by atoms with E-state index in [2.05, 4.69) is 31.1 Å². The first-order valence-corrected chi connectivity index (χ1v) is 5.36. The Morgan fingerprint density at radius 3 is 3.07 bits per heavy atom. The minimum Gasteiger partial charge on any atom is -0.271 e. The van der Waals surface area contributed by atoms with E-state index in [9.17, 15) is 0 Å². The summed E-state index contributed by atoms with van der Waals surface area (Å²) in [5, 5.41) is 10.4. The maximum absolute atomic E-state index is 6.06. The van der Waals surface area contributed by atoms with Gasteiger partial charge in [-0.25, -0.2) is 4.98 Å². The Labute approximate surface area is 98.0 Å². The van der Waals surface area contributed by atoms with Crippen LogP contribution < -0.4 is 0 Å². The smallest absolute Gasteiger partial charge is 0.169 e. The molecular formula is C9H4BrClN4. The fraction of sp³-hybridized carbons (Fsp3) is 0. The fourth-order valence-electron chi connectivity index (χ4n) is 1.52. The molecule has 3 aromatic rings. The third-order valence-electron chi connectivity index (χ3n) is 2.19. The molecule has 0 aliphatic carbocycles. The van der Waals surface area contributed by atoms with Crippen molar-refractivity contribution in [2.45, 2.75) is 0 Å². The number of aromatic nitrogens is 4. The van der Waals surface area contributed by atoms with E-state index in [-0.39, 0.29) is 0 Å². The van der Waals surface area contributed by atoms with Gasteiger partial charge in [0, 0.05) is 17.0 Å². The van der Waals surface area contributed by atoms with Gasteiger partial charge in [-0.2, -0.15) is 0 Å². The number of rotatable bonds is 0. The first-order chi connectivity index (χ1) is 7.25. The zero-order valence-corrected chi connectivity index (χ0v) is 9.70. The van der Waals surface area contributed by atoms with Gasteiger partial charge in [0.2, 0.25) is 0 Å². The van der Waals surface area contributed by atoms with Gasteiger partial charge in [-0.1, -0.05) is 11.6 Å². The molecule has 4 nitrogen and oxygen atoms in total. The lowest BCUT2D eigenvalue weighted by molar-refractivity contribution is 1.10. The van der Waals surface area contributed by atoms with Crippen LogP contribution in [0.25, 0.3) is 16.4 Å². The maximum atomic E-state index is 6.06. The van der Waals surface area contributed by atoms with Crippen molar-refractivity contribution < 1.29 is 0 Å². The van der Waals surface area contributed by atoms with E-state index >= 15 is 0 Å². The zero-order chi connectivity index (χ0) is 10.4. The molecule has 0 N–H and O–H groups in total. The van der Waals surface area contributed by atoms with E-state index in [1.54, 1.807) is 16.9 Å². The molecule has 0 atom stereocenters. The van der Waals surface area contributed by atoms with Gasteiger partial charge in [0.1, 0.15) is 16.1 Å². The van der Waals surface area contributed by atoms with Crippen LogP contribution in [0.2, 0.25) is 5.15 Å². The lowest BCUT2D eigenvalue weighted by atomic mass is 10.2. The molecule has 6 heteroatoms. The molecule has 0 bridgehead atoms. The average molecular weight is 284 g/mol. The van der Waals surface area contributed by atoms with Crippen LogP contribution in [-0.4, -0.2) is 19.6 Å². The lowest BCUT2D eigenvalue weighted by Crippen LogP contribution is -1.88. The summed E-state index contributed by atoms with van der Waals surface area (Å²) in [4.78, 5) is 4.14. The molecule has 0 fully saturated rings. The summed E-state index contributed by atoms with van der Waals surface area (Å²) in [6.45, 7) is 0. The third-order valence-corrected chi connectivity index (χ3v) is 2.92. The van der Waals surface area contributed by atoms with E-state index in [0.717, 1.165) is 21.0 Å². The van der Waals surface area contributed by atoms with Crippen LogP contribution in [0.4, 0.5) is 0 Å². The molecule has 3 heterocycles. The van der Waals surface area contributed by atoms with Crippen LogP contribution in [-0.2, 0) is 0 Å². The molecule has 0 aliphatic rings. The molecule has 0 spiro atoms. The topological polar surface area (TPSA) is 43.1 Å². The first-order valence-electron chi connectivity index (χ1n) is 4.19. The third kappa shape index (κ3) is 1.31. The van der Waals surface area contributed by atoms with Gasteiger partial charge in [-0.3, -0.25) is 4.40 Å². The van der Waals surface area contributed by atoms with Crippen molar-refractivity contribution in [1.82, 2.24) is 19.6 Å². The minimum absolute atomic E-state index is 0.576. The molecule has 0 unspecified atom stereocenters. The second-order valence-corrected chi connectivity index (χ2v) is 4.29. The Bertz CT molecular complexity index is 664. The summed E-state index contributed by atoms with van der Waals surface area (Å²) in [6, 6.07) is 3.74. The van der Waals surface area contributed by atoms with Gasteiger partial charge >= 0.3 is 0 Å².